The first kappa shape index (κ1) is 8.93. The maximum absolute atomic E-state index is 5.25. The van der Waals surface area contributed by atoms with E-state index in [1.54, 1.807) is 25.4 Å². The van der Waals surface area contributed by atoms with Crippen LogP contribution in [-0.4, -0.2) is 30.5 Å². The van der Waals surface area contributed by atoms with Gasteiger partial charge in [-0.2, -0.15) is 5.10 Å². The van der Waals surface area contributed by atoms with Crippen molar-refractivity contribution in [2.45, 2.75) is 6.42 Å². The smallest absolute Gasteiger partial charge is 0.233 e. The van der Waals surface area contributed by atoms with Gasteiger partial charge >= 0.3 is 0 Å². The molecule has 0 amide bonds. The first-order chi connectivity index (χ1) is 5.93. The molecule has 66 valence electrons. The summed E-state index contributed by atoms with van der Waals surface area (Å²) in [6, 6.07) is 3.57. The third-order valence-corrected chi connectivity index (χ3v) is 1.29. The van der Waals surface area contributed by atoms with Crippen LogP contribution in [-0.2, 0) is 4.74 Å². The van der Waals surface area contributed by atoms with Crippen molar-refractivity contribution in [3.8, 4) is 5.88 Å². The highest BCUT2D eigenvalue weighted by Crippen LogP contribution is 2.01. The Balaban J connectivity index is 2.16. The number of aromatic nitrogens is 2. The van der Waals surface area contributed by atoms with Gasteiger partial charge in [0.25, 0.3) is 0 Å². The van der Waals surface area contributed by atoms with Gasteiger partial charge in [0.15, 0.2) is 0 Å². The molecule has 0 bridgehead atoms. The lowest BCUT2D eigenvalue weighted by Crippen LogP contribution is -2.02. The zero-order valence-corrected chi connectivity index (χ0v) is 7.06. The molecule has 0 aliphatic carbocycles. The summed E-state index contributed by atoms with van der Waals surface area (Å²) >= 11 is 0. The minimum absolute atomic E-state index is 0.564. The van der Waals surface area contributed by atoms with Crippen LogP contribution in [0.5, 0.6) is 5.88 Å². The van der Waals surface area contributed by atoms with Crippen molar-refractivity contribution in [1.29, 1.82) is 0 Å². The lowest BCUT2D eigenvalue weighted by Gasteiger charge is -2.02. The van der Waals surface area contributed by atoms with E-state index in [1.165, 1.54) is 0 Å². The Morgan fingerprint density at radius 3 is 3.00 bits per heavy atom. The van der Waals surface area contributed by atoms with E-state index in [4.69, 9.17) is 9.47 Å². The van der Waals surface area contributed by atoms with Crippen LogP contribution >= 0.6 is 0 Å². The van der Waals surface area contributed by atoms with Crippen molar-refractivity contribution in [1.82, 2.24) is 10.2 Å². The Bertz CT molecular complexity index is 203. The van der Waals surface area contributed by atoms with Gasteiger partial charge in [-0.1, -0.05) is 0 Å². The molecule has 1 aromatic heterocycles. The topological polar surface area (TPSA) is 44.2 Å². The molecule has 0 radical (unpaired) electrons. The van der Waals surface area contributed by atoms with E-state index in [-0.39, 0.29) is 0 Å². The van der Waals surface area contributed by atoms with E-state index in [0.717, 1.165) is 6.42 Å². The fourth-order valence-electron chi connectivity index (χ4n) is 0.744. The number of nitrogens with zero attached hydrogens (tertiary/aromatic N) is 2. The number of methoxy groups -OCH3 is 1. The fourth-order valence-corrected chi connectivity index (χ4v) is 0.744. The van der Waals surface area contributed by atoms with Crippen LogP contribution in [0.15, 0.2) is 18.3 Å². The first-order valence-corrected chi connectivity index (χ1v) is 3.83. The monoisotopic (exact) mass is 168 g/mol. The molecule has 12 heavy (non-hydrogen) atoms. The predicted octanol–water partition coefficient (Wildman–Crippen LogP) is 0.892. The zero-order chi connectivity index (χ0) is 8.65. The van der Waals surface area contributed by atoms with Crippen LogP contribution in [0.2, 0.25) is 0 Å². The Morgan fingerprint density at radius 1 is 1.42 bits per heavy atom. The van der Waals surface area contributed by atoms with E-state index in [1.807, 2.05) is 0 Å². The summed E-state index contributed by atoms with van der Waals surface area (Å²) in [6.45, 7) is 1.33. The summed E-state index contributed by atoms with van der Waals surface area (Å²) in [5.41, 5.74) is 0. The molecule has 1 rings (SSSR count). The van der Waals surface area contributed by atoms with Crippen LogP contribution in [0.25, 0.3) is 0 Å². The van der Waals surface area contributed by atoms with Gasteiger partial charge in [0.1, 0.15) is 0 Å². The van der Waals surface area contributed by atoms with Gasteiger partial charge in [0, 0.05) is 32.4 Å². The summed E-state index contributed by atoms with van der Waals surface area (Å²) in [5.74, 6) is 0.564. The lowest BCUT2D eigenvalue weighted by molar-refractivity contribution is 0.170. The largest absolute Gasteiger partial charge is 0.477 e. The number of hydrogen-bond acceptors (Lipinski definition) is 4. The first-order valence-electron chi connectivity index (χ1n) is 3.83. The average molecular weight is 168 g/mol. The zero-order valence-electron chi connectivity index (χ0n) is 7.06. The maximum atomic E-state index is 5.25. The average Bonchev–Trinajstić information content (AvgIpc) is 2.14. The number of ether oxygens (including phenoxy) is 2. The summed E-state index contributed by atoms with van der Waals surface area (Å²) in [6.07, 6.45) is 2.48. The second kappa shape index (κ2) is 5.49. The van der Waals surface area contributed by atoms with Gasteiger partial charge in [-0.15, -0.1) is 5.10 Å². The van der Waals surface area contributed by atoms with E-state index < -0.39 is 0 Å². The van der Waals surface area contributed by atoms with Crippen LogP contribution < -0.4 is 4.74 Å². The molecule has 0 atom stereocenters. The van der Waals surface area contributed by atoms with E-state index in [2.05, 4.69) is 10.2 Å². The summed E-state index contributed by atoms with van der Waals surface area (Å²) in [7, 11) is 1.67. The summed E-state index contributed by atoms with van der Waals surface area (Å²) < 4.78 is 10.1. The van der Waals surface area contributed by atoms with Gasteiger partial charge in [-0.3, -0.25) is 0 Å². The van der Waals surface area contributed by atoms with Crippen molar-refractivity contribution in [2.24, 2.45) is 0 Å². The Morgan fingerprint density at radius 2 is 2.33 bits per heavy atom. The standard InChI is InChI=1S/C8H12N2O2/c1-11-6-3-7-12-8-4-2-5-9-10-8/h2,4-5H,3,6-7H2,1H3. The highest BCUT2D eigenvalue weighted by atomic mass is 16.5. The summed E-state index contributed by atoms with van der Waals surface area (Å²) in [5, 5.41) is 7.44. The van der Waals surface area contributed by atoms with Crippen LogP contribution in [0, 0.1) is 0 Å². The van der Waals surface area contributed by atoms with E-state index >= 15 is 0 Å². The van der Waals surface area contributed by atoms with Crippen LogP contribution in [0.3, 0.4) is 0 Å². The van der Waals surface area contributed by atoms with Crippen molar-refractivity contribution in [3.05, 3.63) is 18.3 Å². The molecule has 1 heterocycles. The van der Waals surface area contributed by atoms with Gasteiger partial charge in [0.05, 0.1) is 6.61 Å². The lowest BCUT2D eigenvalue weighted by atomic mass is 10.5. The summed E-state index contributed by atoms with van der Waals surface area (Å²) in [4.78, 5) is 0. The normalized spacial score (nSPS) is 9.75. The fraction of sp³-hybridized carbons (Fsp3) is 0.500. The van der Waals surface area contributed by atoms with Crippen LogP contribution in [0.4, 0.5) is 0 Å². The molecule has 4 heteroatoms. The minimum atomic E-state index is 0.564. The Labute approximate surface area is 71.5 Å². The second-order valence-electron chi connectivity index (χ2n) is 2.26. The highest BCUT2D eigenvalue weighted by molar-refractivity contribution is 5.04. The van der Waals surface area contributed by atoms with Crippen LogP contribution in [0.1, 0.15) is 6.42 Å². The molecule has 0 saturated carbocycles. The Hall–Kier alpha value is -1.16. The third kappa shape index (κ3) is 3.30. The van der Waals surface area contributed by atoms with Gasteiger partial charge in [-0.25, -0.2) is 0 Å². The van der Waals surface area contributed by atoms with Gasteiger partial charge in [-0.05, 0) is 6.07 Å². The molecular weight excluding hydrogens is 156 g/mol. The minimum Gasteiger partial charge on any atom is -0.477 e. The third-order valence-electron chi connectivity index (χ3n) is 1.29. The molecule has 0 unspecified atom stereocenters. The maximum Gasteiger partial charge on any atom is 0.233 e. The molecule has 0 N–H and O–H groups in total. The molecular formula is C8H12N2O2. The van der Waals surface area contributed by atoms with E-state index in [9.17, 15) is 0 Å². The quantitative estimate of drug-likeness (QED) is 0.612. The highest BCUT2D eigenvalue weighted by Gasteiger charge is 1.92. The van der Waals surface area contributed by atoms with Crippen molar-refractivity contribution in [3.63, 3.8) is 0 Å². The molecule has 0 saturated heterocycles. The number of hydrogen-bond donors (Lipinski definition) is 0. The van der Waals surface area contributed by atoms with Gasteiger partial charge in [0.2, 0.25) is 5.88 Å². The molecule has 4 nitrogen and oxygen atoms in total. The SMILES string of the molecule is COCCCOc1cccnn1. The molecule has 1 aromatic rings. The van der Waals surface area contributed by atoms with Crippen molar-refractivity contribution >= 4 is 0 Å². The van der Waals surface area contributed by atoms with Crippen molar-refractivity contribution < 1.29 is 9.47 Å². The van der Waals surface area contributed by atoms with E-state index in [0.29, 0.717) is 19.1 Å². The predicted molar refractivity (Wildman–Crippen MR) is 44.0 cm³/mol. The van der Waals surface area contributed by atoms with Gasteiger partial charge < -0.3 is 9.47 Å². The molecule has 0 fully saturated rings. The van der Waals surface area contributed by atoms with Crippen molar-refractivity contribution in [2.75, 3.05) is 20.3 Å². The molecule has 0 aliphatic rings. The molecule has 0 aromatic carbocycles. The molecule has 0 spiro atoms. The molecule has 0 aliphatic heterocycles. The Kier molecular flexibility index (Phi) is 4.08. The number of rotatable bonds is 5. The second-order valence-corrected chi connectivity index (χ2v) is 2.26.